The molecule has 0 rings (SSSR count). The summed E-state index contributed by atoms with van der Waals surface area (Å²) in [6, 6.07) is 0. The molecule has 0 saturated carbocycles. The molecule has 0 aliphatic heterocycles. The monoisotopic (exact) mass is 1040 g/mol. The summed E-state index contributed by atoms with van der Waals surface area (Å²) < 4.78 is 33.5. The Hall–Kier alpha value is -4.81. The first-order chi connectivity index (χ1) is 32.7. The first-order valence-corrected chi connectivity index (χ1v) is 25.7. The molecule has 0 aliphatic carbocycles. The van der Waals surface area contributed by atoms with Crippen molar-refractivity contribution in [1.29, 1.82) is 0 Å². The van der Waals surface area contributed by atoms with Crippen molar-refractivity contribution in [2.45, 2.75) is 290 Å². The highest BCUT2D eigenvalue weighted by Crippen LogP contribution is 2.32. The lowest BCUT2D eigenvalue weighted by atomic mass is 9.81. The minimum atomic E-state index is -1.35. The second kappa shape index (κ2) is 28.2. The Kier molecular flexibility index (Phi) is 26.3. The standard InChI is InChI=1S/C54H96N4O15/c1-46(2,3)68-40(62)22-31-53(32-23-41(63)69-47(4,5)6,33-24-42(64)70-48(7,8)9)57-38(60)20-29-52(56,28-19-37(55)59)30-21-39(61)58-54(34-25-43(65)71-49(10,11)12,35-26-44(66)72-50(13,14)15)36-27-45(67)73-51(16,17)18/h19-36,56H2,1-18H3,(H2,55,59)(H,57,60)(H,58,61). The van der Waals surface area contributed by atoms with Crippen molar-refractivity contribution >= 4 is 53.5 Å². The third-order valence-electron chi connectivity index (χ3n) is 10.7. The van der Waals surface area contributed by atoms with Gasteiger partial charge in [0.05, 0.1) is 0 Å². The van der Waals surface area contributed by atoms with Crippen molar-refractivity contribution in [3.8, 4) is 0 Å². The number of carbonyl (C=O) groups excluding carboxylic acids is 9. The Balaban J connectivity index is 7.06. The lowest BCUT2D eigenvalue weighted by Crippen LogP contribution is -2.51. The van der Waals surface area contributed by atoms with Gasteiger partial charge in [-0.1, -0.05) is 0 Å². The average Bonchev–Trinajstić information content (AvgIpc) is 3.16. The summed E-state index contributed by atoms with van der Waals surface area (Å²) >= 11 is 0. The minimum Gasteiger partial charge on any atom is -0.460 e. The molecule has 3 amide bonds. The van der Waals surface area contributed by atoms with Gasteiger partial charge in [-0.2, -0.15) is 0 Å². The highest BCUT2D eigenvalue weighted by atomic mass is 16.6. The van der Waals surface area contributed by atoms with Gasteiger partial charge in [0, 0.05) is 74.4 Å². The maximum atomic E-state index is 14.2. The maximum absolute atomic E-state index is 14.2. The molecule has 0 fully saturated rings. The van der Waals surface area contributed by atoms with Crippen LogP contribution in [0.4, 0.5) is 0 Å². The fourth-order valence-electron chi connectivity index (χ4n) is 7.72. The number of nitrogens with one attached hydrogen (secondary N) is 2. The molecule has 0 heterocycles. The topological polar surface area (TPSA) is 285 Å². The number of rotatable bonds is 29. The number of hydrogen-bond donors (Lipinski definition) is 4. The summed E-state index contributed by atoms with van der Waals surface area (Å²) in [6.07, 6.45) is -2.04. The van der Waals surface area contributed by atoms with Gasteiger partial charge in [0.25, 0.3) is 0 Å². The van der Waals surface area contributed by atoms with Crippen molar-refractivity contribution < 1.29 is 71.6 Å². The van der Waals surface area contributed by atoms with Crippen LogP contribution in [0.5, 0.6) is 0 Å². The van der Waals surface area contributed by atoms with Gasteiger partial charge in [-0.05, 0) is 182 Å². The van der Waals surface area contributed by atoms with E-state index in [1.165, 1.54) is 0 Å². The summed E-state index contributed by atoms with van der Waals surface area (Å²) in [6.45, 7) is 30.9. The molecule has 0 aromatic carbocycles. The van der Waals surface area contributed by atoms with E-state index in [2.05, 4.69) is 10.6 Å². The normalized spacial score (nSPS) is 13.0. The molecule has 19 nitrogen and oxygen atoms in total. The third kappa shape index (κ3) is 35.9. The van der Waals surface area contributed by atoms with Crippen molar-refractivity contribution in [2.75, 3.05) is 0 Å². The molecule has 0 unspecified atom stereocenters. The first kappa shape index (κ1) is 68.2. The van der Waals surface area contributed by atoms with Crippen LogP contribution in [0.3, 0.4) is 0 Å². The second-order valence-electron chi connectivity index (χ2n) is 25.5. The molecule has 0 aromatic heterocycles. The number of esters is 6. The van der Waals surface area contributed by atoms with Crippen LogP contribution in [0.15, 0.2) is 0 Å². The zero-order chi connectivity index (χ0) is 57.1. The van der Waals surface area contributed by atoms with E-state index in [4.69, 9.17) is 39.9 Å². The summed E-state index contributed by atoms with van der Waals surface area (Å²) in [7, 11) is 0. The molecule has 0 aliphatic rings. The smallest absolute Gasteiger partial charge is 0.306 e. The van der Waals surface area contributed by atoms with Gasteiger partial charge in [0.15, 0.2) is 0 Å². The largest absolute Gasteiger partial charge is 0.460 e. The Morgan fingerprint density at radius 3 is 0.644 bits per heavy atom. The highest BCUT2D eigenvalue weighted by molar-refractivity contribution is 5.80. The number of nitrogens with two attached hydrogens (primary N) is 2. The van der Waals surface area contributed by atoms with Crippen LogP contribution >= 0.6 is 0 Å². The SMILES string of the molecule is CC(C)(C)OC(=O)CCC(CCC(=O)OC(C)(C)C)(CCC(=O)OC(C)(C)C)NC(=O)CCC(N)(CCC(N)=O)CCC(=O)NC(CCC(=O)OC(C)(C)C)(CCC(=O)OC(C)(C)C)CCC(=O)OC(C)(C)C. The number of carbonyl (C=O) groups is 9. The minimum absolute atomic E-state index is 0.0214. The zero-order valence-electron chi connectivity index (χ0n) is 48.0. The van der Waals surface area contributed by atoms with E-state index in [1.54, 1.807) is 125 Å². The van der Waals surface area contributed by atoms with Gasteiger partial charge in [-0.15, -0.1) is 0 Å². The van der Waals surface area contributed by atoms with Crippen LogP contribution in [0.1, 0.15) is 240 Å². The Morgan fingerprint density at radius 1 is 0.301 bits per heavy atom. The van der Waals surface area contributed by atoms with E-state index in [0.29, 0.717) is 0 Å². The fourth-order valence-corrected chi connectivity index (χ4v) is 7.72. The molecule has 422 valence electrons. The number of hydrogen-bond acceptors (Lipinski definition) is 16. The molecule has 73 heavy (non-hydrogen) atoms. The van der Waals surface area contributed by atoms with Crippen LogP contribution in [0.2, 0.25) is 0 Å². The summed E-state index contributed by atoms with van der Waals surface area (Å²) in [4.78, 5) is 119. The lowest BCUT2D eigenvalue weighted by Gasteiger charge is -2.37. The molecule has 19 heteroatoms. The highest BCUT2D eigenvalue weighted by Gasteiger charge is 2.39. The molecule has 0 spiro atoms. The summed E-state index contributed by atoms with van der Waals surface area (Å²) in [5, 5.41) is 6.06. The van der Waals surface area contributed by atoms with Crippen molar-refractivity contribution in [2.24, 2.45) is 11.5 Å². The average molecular weight is 1040 g/mol. The lowest BCUT2D eigenvalue weighted by molar-refractivity contribution is -0.158. The molecule has 6 N–H and O–H groups in total. The van der Waals surface area contributed by atoms with Crippen LogP contribution in [0.25, 0.3) is 0 Å². The quantitative estimate of drug-likeness (QED) is 0.0408. The van der Waals surface area contributed by atoms with Crippen LogP contribution in [-0.2, 0) is 71.6 Å². The van der Waals surface area contributed by atoms with Crippen molar-refractivity contribution in [3.05, 3.63) is 0 Å². The predicted octanol–water partition coefficient (Wildman–Crippen LogP) is 7.95. The second-order valence-corrected chi connectivity index (χ2v) is 25.5. The van der Waals surface area contributed by atoms with E-state index in [-0.39, 0.29) is 116 Å². The fraction of sp³-hybridized carbons (Fsp3) is 0.833. The third-order valence-corrected chi connectivity index (χ3v) is 10.7. The van der Waals surface area contributed by atoms with Gasteiger partial charge in [-0.25, -0.2) is 0 Å². The molecule has 0 saturated heterocycles. The van der Waals surface area contributed by atoms with E-state index in [1.807, 2.05) is 0 Å². The Labute approximate surface area is 436 Å². The van der Waals surface area contributed by atoms with E-state index in [9.17, 15) is 43.2 Å². The van der Waals surface area contributed by atoms with Gasteiger partial charge in [0.1, 0.15) is 33.6 Å². The number of primary amides is 1. The van der Waals surface area contributed by atoms with Crippen molar-refractivity contribution in [1.82, 2.24) is 10.6 Å². The Bertz CT molecular complexity index is 1590. The van der Waals surface area contributed by atoms with Crippen LogP contribution in [0, 0.1) is 0 Å². The molecular formula is C54H96N4O15. The molecular weight excluding hydrogens is 945 g/mol. The van der Waals surface area contributed by atoms with Gasteiger partial charge in [0.2, 0.25) is 17.7 Å². The predicted molar refractivity (Wildman–Crippen MR) is 276 cm³/mol. The molecule has 0 atom stereocenters. The number of ether oxygens (including phenoxy) is 6. The van der Waals surface area contributed by atoms with E-state index in [0.717, 1.165) is 0 Å². The van der Waals surface area contributed by atoms with Crippen LogP contribution in [-0.4, -0.2) is 104 Å². The summed E-state index contributed by atoms with van der Waals surface area (Å²) in [5.41, 5.74) is 3.66. The van der Waals surface area contributed by atoms with E-state index >= 15 is 0 Å². The van der Waals surface area contributed by atoms with E-state index < -0.39 is 104 Å². The van der Waals surface area contributed by atoms with Crippen LogP contribution < -0.4 is 22.1 Å². The zero-order valence-corrected chi connectivity index (χ0v) is 48.0. The molecule has 0 radical (unpaired) electrons. The van der Waals surface area contributed by atoms with Gasteiger partial charge in [-0.3, -0.25) is 43.2 Å². The van der Waals surface area contributed by atoms with Gasteiger partial charge >= 0.3 is 35.8 Å². The Morgan fingerprint density at radius 2 is 0.479 bits per heavy atom. The number of amides is 3. The summed E-state index contributed by atoms with van der Waals surface area (Å²) in [5.74, 6) is -5.14. The molecule has 0 bridgehead atoms. The molecule has 0 aromatic rings. The van der Waals surface area contributed by atoms with Crippen molar-refractivity contribution in [3.63, 3.8) is 0 Å². The van der Waals surface area contributed by atoms with Gasteiger partial charge < -0.3 is 50.5 Å². The maximum Gasteiger partial charge on any atom is 0.306 e. The first-order valence-electron chi connectivity index (χ1n) is 25.7.